The van der Waals surface area contributed by atoms with Crippen LogP contribution in [0.4, 0.5) is 5.82 Å². The molecule has 6 nitrogen and oxygen atoms in total. The first-order valence-electron chi connectivity index (χ1n) is 4.25. The van der Waals surface area contributed by atoms with Gasteiger partial charge in [-0.2, -0.15) is 0 Å². The third kappa shape index (κ3) is 2.15. The Hall–Kier alpha value is -1.60. The average Bonchev–Trinajstić information content (AvgIpc) is 2.68. The molecule has 0 aliphatic rings. The predicted octanol–water partition coefficient (Wildman–Crippen LogP) is 1.54. The van der Waals surface area contributed by atoms with E-state index in [1.165, 1.54) is 12.4 Å². The lowest BCUT2D eigenvalue weighted by Gasteiger charge is -2.02. The van der Waals surface area contributed by atoms with Crippen molar-refractivity contribution in [3.05, 3.63) is 28.1 Å². The van der Waals surface area contributed by atoms with Crippen molar-refractivity contribution < 1.29 is 4.79 Å². The molecule has 0 atom stereocenters. The topological polar surface area (TPSA) is 80.7 Å². The number of nitrogens with one attached hydrogen (secondary N) is 1. The highest BCUT2D eigenvalue weighted by atomic mass is 35.5. The molecular weight excluding hydrogens is 250 g/mol. The zero-order chi connectivity index (χ0) is 11.5. The van der Waals surface area contributed by atoms with Gasteiger partial charge < -0.3 is 5.32 Å². The van der Waals surface area contributed by atoms with Gasteiger partial charge in [0.2, 0.25) is 0 Å². The second kappa shape index (κ2) is 4.50. The first-order valence-corrected chi connectivity index (χ1v) is 5.40. The zero-order valence-electron chi connectivity index (χ0n) is 8.14. The molecule has 2 aromatic rings. The van der Waals surface area contributed by atoms with Crippen molar-refractivity contribution in [3.63, 3.8) is 0 Å². The van der Waals surface area contributed by atoms with Gasteiger partial charge in [0.25, 0.3) is 5.91 Å². The van der Waals surface area contributed by atoms with Crippen LogP contribution in [0.3, 0.4) is 0 Å². The number of anilines is 1. The Labute approximate surface area is 99.9 Å². The lowest BCUT2D eigenvalue weighted by molar-refractivity contribution is 0.102. The van der Waals surface area contributed by atoms with Crippen molar-refractivity contribution in [1.29, 1.82) is 0 Å². The van der Waals surface area contributed by atoms with Gasteiger partial charge in [-0.1, -0.05) is 16.1 Å². The maximum atomic E-state index is 11.7. The quantitative estimate of drug-likeness (QED) is 0.880. The van der Waals surface area contributed by atoms with Crippen molar-refractivity contribution in [2.24, 2.45) is 0 Å². The molecule has 0 spiro atoms. The van der Waals surface area contributed by atoms with Crippen molar-refractivity contribution >= 4 is 34.9 Å². The molecule has 8 heteroatoms. The Morgan fingerprint density at radius 3 is 2.81 bits per heavy atom. The Kier molecular flexibility index (Phi) is 3.07. The van der Waals surface area contributed by atoms with E-state index in [2.05, 4.69) is 24.9 Å². The molecule has 0 unspecified atom stereocenters. The van der Waals surface area contributed by atoms with E-state index in [-0.39, 0.29) is 16.9 Å². The molecule has 82 valence electrons. The fourth-order valence-corrected chi connectivity index (χ4v) is 1.71. The monoisotopic (exact) mass is 255 g/mol. The third-order valence-electron chi connectivity index (χ3n) is 1.74. The number of aryl methyl sites for hydroxylation is 1. The first kappa shape index (κ1) is 10.9. The van der Waals surface area contributed by atoms with Crippen LogP contribution >= 0.6 is 23.1 Å². The number of rotatable bonds is 2. The molecule has 2 aromatic heterocycles. The second-order valence-electron chi connectivity index (χ2n) is 2.84. The van der Waals surface area contributed by atoms with Crippen LogP contribution in [-0.2, 0) is 0 Å². The Morgan fingerprint density at radius 1 is 1.44 bits per heavy atom. The van der Waals surface area contributed by atoms with Gasteiger partial charge in [-0.25, -0.2) is 9.97 Å². The van der Waals surface area contributed by atoms with E-state index in [0.717, 1.165) is 11.5 Å². The molecule has 0 saturated heterocycles. The molecule has 0 aliphatic carbocycles. The van der Waals surface area contributed by atoms with E-state index < -0.39 is 0 Å². The molecule has 2 heterocycles. The highest BCUT2D eigenvalue weighted by Crippen LogP contribution is 2.17. The third-order valence-corrected chi connectivity index (χ3v) is 2.85. The molecule has 0 radical (unpaired) electrons. The summed E-state index contributed by atoms with van der Waals surface area (Å²) >= 11 is 6.77. The molecule has 1 N–H and O–H groups in total. The van der Waals surface area contributed by atoms with Crippen molar-refractivity contribution in [3.8, 4) is 0 Å². The number of nitrogens with zero attached hydrogens (tertiary/aromatic N) is 4. The minimum absolute atomic E-state index is 0.144. The molecule has 0 bridgehead atoms. The molecule has 1 amide bonds. The molecular formula is C8H6ClN5OS. The van der Waals surface area contributed by atoms with E-state index in [0.29, 0.717) is 10.6 Å². The van der Waals surface area contributed by atoms with Crippen LogP contribution in [0.15, 0.2) is 12.4 Å². The Morgan fingerprint density at radius 2 is 2.19 bits per heavy atom. The lowest BCUT2D eigenvalue weighted by Crippen LogP contribution is -2.13. The smallest absolute Gasteiger partial charge is 0.270 e. The van der Waals surface area contributed by atoms with Crippen LogP contribution in [0.2, 0.25) is 5.15 Å². The number of hydrogen-bond acceptors (Lipinski definition) is 6. The normalized spacial score (nSPS) is 10.1. The standard InChI is InChI=1S/C8H6ClN5OS/c1-4-5(16-14-13-4)8(15)12-7-6(9)10-2-3-11-7/h2-3H,1H3,(H,11,12,15). The lowest BCUT2D eigenvalue weighted by atomic mass is 10.4. The molecule has 0 fully saturated rings. The van der Waals surface area contributed by atoms with E-state index in [4.69, 9.17) is 11.6 Å². The highest BCUT2D eigenvalue weighted by Gasteiger charge is 2.15. The van der Waals surface area contributed by atoms with Gasteiger partial charge in [-0.15, -0.1) is 5.10 Å². The summed E-state index contributed by atoms with van der Waals surface area (Å²) in [5.41, 5.74) is 0.572. The fraction of sp³-hybridized carbons (Fsp3) is 0.125. The first-order chi connectivity index (χ1) is 7.68. The van der Waals surface area contributed by atoms with Crippen molar-refractivity contribution in [2.45, 2.75) is 6.92 Å². The van der Waals surface area contributed by atoms with Crippen LogP contribution in [0.1, 0.15) is 15.4 Å². The van der Waals surface area contributed by atoms with Crippen LogP contribution in [0, 0.1) is 6.92 Å². The predicted molar refractivity (Wildman–Crippen MR) is 59.6 cm³/mol. The minimum atomic E-state index is -0.338. The number of aromatic nitrogens is 4. The van der Waals surface area contributed by atoms with E-state index in [1.807, 2.05) is 0 Å². The highest BCUT2D eigenvalue weighted by molar-refractivity contribution is 7.08. The van der Waals surface area contributed by atoms with Gasteiger partial charge in [-0.05, 0) is 18.5 Å². The summed E-state index contributed by atoms with van der Waals surface area (Å²) in [7, 11) is 0. The summed E-state index contributed by atoms with van der Waals surface area (Å²) in [5.74, 6) is -0.114. The number of carbonyl (C=O) groups is 1. The van der Waals surface area contributed by atoms with Crippen molar-refractivity contribution in [1.82, 2.24) is 19.6 Å². The van der Waals surface area contributed by atoms with Crippen LogP contribution in [0.5, 0.6) is 0 Å². The van der Waals surface area contributed by atoms with Crippen LogP contribution in [-0.4, -0.2) is 25.5 Å². The van der Waals surface area contributed by atoms with Gasteiger partial charge in [0, 0.05) is 12.4 Å². The summed E-state index contributed by atoms with van der Waals surface area (Å²) in [6.45, 7) is 1.71. The van der Waals surface area contributed by atoms with Gasteiger partial charge in [0.1, 0.15) is 4.88 Å². The largest absolute Gasteiger partial charge is 0.303 e. The van der Waals surface area contributed by atoms with E-state index >= 15 is 0 Å². The summed E-state index contributed by atoms with van der Waals surface area (Å²) in [4.78, 5) is 19.9. The van der Waals surface area contributed by atoms with Gasteiger partial charge in [0.05, 0.1) is 5.69 Å². The van der Waals surface area contributed by atoms with Gasteiger partial charge in [-0.3, -0.25) is 4.79 Å². The summed E-state index contributed by atoms with van der Waals surface area (Å²) in [6, 6.07) is 0. The van der Waals surface area contributed by atoms with Crippen LogP contribution < -0.4 is 5.32 Å². The Balaban J connectivity index is 2.21. The second-order valence-corrected chi connectivity index (χ2v) is 3.95. The number of halogens is 1. The van der Waals surface area contributed by atoms with E-state index in [1.54, 1.807) is 6.92 Å². The maximum absolute atomic E-state index is 11.7. The van der Waals surface area contributed by atoms with Gasteiger partial charge >= 0.3 is 0 Å². The Bertz CT molecular complexity index is 529. The molecule has 16 heavy (non-hydrogen) atoms. The molecule has 0 saturated carbocycles. The SMILES string of the molecule is Cc1nnsc1C(=O)Nc1nccnc1Cl. The minimum Gasteiger partial charge on any atom is -0.303 e. The number of carbonyl (C=O) groups excluding carboxylic acids is 1. The maximum Gasteiger partial charge on any atom is 0.270 e. The summed E-state index contributed by atoms with van der Waals surface area (Å²) in [5, 5.41) is 6.42. The summed E-state index contributed by atoms with van der Waals surface area (Å²) < 4.78 is 3.67. The van der Waals surface area contributed by atoms with Gasteiger partial charge in [0.15, 0.2) is 11.0 Å². The number of amides is 1. The fourth-order valence-electron chi connectivity index (χ4n) is 1.01. The zero-order valence-corrected chi connectivity index (χ0v) is 9.71. The molecule has 0 aromatic carbocycles. The van der Waals surface area contributed by atoms with Crippen LogP contribution in [0.25, 0.3) is 0 Å². The van der Waals surface area contributed by atoms with E-state index in [9.17, 15) is 4.79 Å². The molecule has 0 aliphatic heterocycles. The number of hydrogen-bond donors (Lipinski definition) is 1. The van der Waals surface area contributed by atoms with Crippen molar-refractivity contribution in [2.75, 3.05) is 5.32 Å². The molecule has 2 rings (SSSR count). The average molecular weight is 256 g/mol. The summed E-state index contributed by atoms with van der Waals surface area (Å²) in [6.07, 6.45) is 2.89.